The zero-order chi connectivity index (χ0) is 13.0. The number of phenols is 2. The van der Waals surface area contributed by atoms with E-state index in [2.05, 4.69) is 11.8 Å². The third-order valence-corrected chi connectivity index (χ3v) is 3.69. The van der Waals surface area contributed by atoms with Crippen LogP contribution in [0.15, 0.2) is 18.2 Å². The molecule has 0 bridgehead atoms. The van der Waals surface area contributed by atoms with E-state index in [-0.39, 0.29) is 11.5 Å². The molecule has 3 nitrogen and oxygen atoms in total. The lowest BCUT2D eigenvalue weighted by Crippen LogP contribution is -2.28. The van der Waals surface area contributed by atoms with Crippen LogP contribution in [-0.2, 0) is 0 Å². The molecule has 1 saturated heterocycles. The van der Waals surface area contributed by atoms with E-state index in [0.29, 0.717) is 5.92 Å². The molecule has 1 unspecified atom stereocenters. The van der Waals surface area contributed by atoms with Crippen molar-refractivity contribution in [2.24, 2.45) is 0 Å². The fourth-order valence-corrected chi connectivity index (χ4v) is 2.87. The summed E-state index contributed by atoms with van der Waals surface area (Å²) in [5.74, 6) is 0.754. The van der Waals surface area contributed by atoms with Crippen LogP contribution in [-0.4, -0.2) is 34.7 Å². The van der Waals surface area contributed by atoms with Crippen molar-refractivity contribution in [3.05, 3.63) is 23.8 Å². The lowest BCUT2D eigenvalue weighted by atomic mass is 9.94. The van der Waals surface area contributed by atoms with E-state index in [0.717, 1.165) is 25.1 Å². The first-order valence-electron chi connectivity index (χ1n) is 6.94. The van der Waals surface area contributed by atoms with Crippen LogP contribution in [0, 0.1) is 0 Å². The van der Waals surface area contributed by atoms with Gasteiger partial charge in [0.2, 0.25) is 0 Å². The topological polar surface area (TPSA) is 43.7 Å². The van der Waals surface area contributed by atoms with Gasteiger partial charge < -0.3 is 15.1 Å². The third kappa shape index (κ3) is 3.39. The quantitative estimate of drug-likeness (QED) is 0.865. The number of rotatable bonds is 3. The van der Waals surface area contributed by atoms with E-state index in [1.54, 1.807) is 12.1 Å². The highest BCUT2D eigenvalue weighted by atomic mass is 16.3. The Balaban J connectivity index is 2.14. The van der Waals surface area contributed by atoms with Crippen LogP contribution < -0.4 is 0 Å². The lowest BCUT2D eigenvalue weighted by molar-refractivity contribution is 0.273. The van der Waals surface area contributed by atoms with E-state index >= 15 is 0 Å². The summed E-state index contributed by atoms with van der Waals surface area (Å²) in [5.41, 5.74) is 1.07. The maximum Gasteiger partial charge on any atom is 0.119 e. The molecule has 2 N–H and O–H groups in total. The minimum atomic E-state index is 0.163. The van der Waals surface area contributed by atoms with Gasteiger partial charge >= 0.3 is 0 Å². The highest BCUT2D eigenvalue weighted by Gasteiger charge is 2.20. The van der Waals surface area contributed by atoms with Crippen LogP contribution in [0.25, 0.3) is 0 Å². The molecule has 0 saturated carbocycles. The maximum absolute atomic E-state index is 9.59. The number of phenolic OH excluding ortho intramolecular Hbond substituents is 2. The average molecular weight is 249 g/mol. The Kier molecular flexibility index (Phi) is 4.48. The smallest absolute Gasteiger partial charge is 0.119 e. The summed E-state index contributed by atoms with van der Waals surface area (Å²) in [6.45, 7) is 5.56. The lowest BCUT2D eigenvalue weighted by Gasteiger charge is -2.24. The van der Waals surface area contributed by atoms with Gasteiger partial charge in [0.25, 0.3) is 0 Å². The molecule has 1 aliphatic rings. The first-order valence-corrected chi connectivity index (χ1v) is 6.94. The molecule has 1 heterocycles. The SMILES string of the molecule is CCCN1CCCCC(c2cc(O)cc(O)c2)C1. The first kappa shape index (κ1) is 13.2. The van der Waals surface area contributed by atoms with Gasteiger partial charge in [-0.05, 0) is 56.0 Å². The average Bonchev–Trinajstić information content (AvgIpc) is 2.54. The zero-order valence-corrected chi connectivity index (χ0v) is 11.1. The predicted octanol–water partition coefficient (Wildman–Crippen LogP) is 3.08. The Hall–Kier alpha value is -1.22. The monoisotopic (exact) mass is 249 g/mol. The van der Waals surface area contributed by atoms with Gasteiger partial charge in [0.1, 0.15) is 11.5 Å². The Morgan fingerprint density at radius 2 is 1.89 bits per heavy atom. The van der Waals surface area contributed by atoms with E-state index in [9.17, 15) is 10.2 Å². The van der Waals surface area contributed by atoms with Gasteiger partial charge in [0.05, 0.1) is 0 Å². The van der Waals surface area contributed by atoms with Gasteiger partial charge in [-0.15, -0.1) is 0 Å². The molecule has 0 aliphatic carbocycles. The van der Waals surface area contributed by atoms with E-state index in [4.69, 9.17) is 0 Å². The number of nitrogens with zero attached hydrogens (tertiary/aromatic N) is 1. The Morgan fingerprint density at radius 3 is 2.56 bits per heavy atom. The second-order valence-corrected chi connectivity index (χ2v) is 5.28. The van der Waals surface area contributed by atoms with Crippen molar-refractivity contribution in [2.45, 2.75) is 38.5 Å². The van der Waals surface area contributed by atoms with Crippen molar-refractivity contribution in [3.8, 4) is 11.5 Å². The molecule has 0 amide bonds. The Morgan fingerprint density at radius 1 is 1.17 bits per heavy atom. The molecule has 1 aromatic carbocycles. The molecule has 0 aromatic heterocycles. The van der Waals surface area contributed by atoms with E-state index < -0.39 is 0 Å². The molecule has 0 spiro atoms. The highest BCUT2D eigenvalue weighted by molar-refractivity contribution is 5.38. The second kappa shape index (κ2) is 6.10. The van der Waals surface area contributed by atoms with Crippen LogP contribution in [0.3, 0.4) is 0 Å². The fourth-order valence-electron chi connectivity index (χ4n) is 2.87. The summed E-state index contributed by atoms with van der Waals surface area (Å²) in [7, 11) is 0. The van der Waals surface area contributed by atoms with E-state index in [1.165, 1.54) is 31.9 Å². The summed E-state index contributed by atoms with van der Waals surface area (Å²) < 4.78 is 0. The van der Waals surface area contributed by atoms with Crippen molar-refractivity contribution in [1.29, 1.82) is 0 Å². The first-order chi connectivity index (χ1) is 8.69. The van der Waals surface area contributed by atoms with Crippen molar-refractivity contribution in [1.82, 2.24) is 4.90 Å². The number of hydrogen-bond donors (Lipinski definition) is 2. The zero-order valence-electron chi connectivity index (χ0n) is 11.1. The standard InChI is InChI=1S/C15H23NO2/c1-2-6-16-7-4-3-5-12(11-16)13-8-14(17)10-15(18)9-13/h8-10,12,17-18H,2-7,11H2,1H3. The molecule has 3 heteroatoms. The van der Waals surface area contributed by atoms with Crippen LogP contribution in [0.4, 0.5) is 0 Å². The normalized spacial score (nSPS) is 21.7. The summed E-state index contributed by atoms with van der Waals surface area (Å²) in [5, 5.41) is 19.2. The van der Waals surface area contributed by atoms with Gasteiger partial charge in [-0.25, -0.2) is 0 Å². The van der Waals surface area contributed by atoms with Gasteiger partial charge in [-0.3, -0.25) is 0 Å². The van der Waals surface area contributed by atoms with E-state index in [1.807, 2.05) is 0 Å². The summed E-state index contributed by atoms with van der Waals surface area (Å²) >= 11 is 0. The fraction of sp³-hybridized carbons (Fsp3) is 0.600. The van der Waals surface area contributed by atoms with Crippen LogP contribution in [0.2, 0.25) is 0 Å². The largest absolute Gasteiger partial charge is 0.508 e. The minimum Gasteiger partial charge on any atom is -0.508 e. The summed E-state index contributed by atoms with van der Waals surface area (Å²) in [4.78, 5) is 2.50. The Bertz CT molecular complexity index is 372. The maximum atomic E-state index is 9.59. The number of benzene rings is 1. The van der Waals surface area contributed by atoms with Crippen molar-refractivity contribution >= 4 is 0 Å². The summed E-state index contributed by atoms with van der Waals surface area (Å²) in [6.07, 6.45) is 4.80. The second-order valence-electron chi connectivity index (χ2n) is 5.28. The highest BCUT2D eigenvalue weighted by Crippen LogP contribution is 2.31. The number of hydrogen-bond acceptors (Lipinski definition) is 3. The van der Waals surface area contributed by atoms with Crippen molar-refractivity contribution in [2.75, 3.05) is 19.6 Å². The molecular formula is C15H23NO2. The molecule has 2 rings (SSSR count). The molecule has 1 aromatic rings. The predicted molar refractivity (Wildman–Crippen MR) is 73.1 cm³/mol. The van der Waals surface area contributed by atoms with Crippen LogP contribution in [0.5, 0.6) is 11.5 Å². The van der Waals surface area contributed by atoms with Crippen LogP contribution >= 0.6 is 0 Å². The molecule has 18 heavy (non-hydrogen) atoms. The van der Waals surface area contributed by atoms with Crippen LogP contribution in [0.1, 0.15) is 44.1 Å². The third-order valence-electron chi connectivity index (χ3n) is 3.69. The van der Waals surface area contributed by atoms with Gasteiger partial charge in [-0.1, -0.05) is 13.3 Å². The molecule has 0 radical (unpaired) electrons. The minimum absolute atomic E-state index is 0.163. The van der Waals surface area contributed by atoms with Crippen molar-refractivity contribution < 1.29 is 10.2 Å². The Labute approximate surface area is 109 Å². The van der Waals surface area contributed by atoms with Gasteiger partial charge in [-0.2, -0.15) is 0 Å². The van der Waals surface area contributed by atoms with Crippen molar-refractivity contribution in [3.63, 3.8) is 0 Å². The summed E-state index contributed by atoms with van der Waals surface area (Å²) in [6, 6.07) is 4.98. The molecule has 100 valence electrons. The number of aromatic hydroxyl groups is 2. The van der Waals surface area contributed by atoms with Gasteiger partial charge in [0, 0.05) is 12.6 Å². The molecule has 1 aliphatic heterocycles. The molecule has 1 fully saturated rings. The van der Waals surface area contributed by atoms with Gasteiger partial charge in [0.15, 0.2) is 0 Å². The number of likely N-dealkylation sites (tertiary alicyclic amines) is 1. The molecular weight excluding hydrogens is 226 g/mol. The molecule has 1 atom stereocenters.